The second-order valence-corrected chi connectivity index (χ2v) is 1.09. The van der Waals surface area contributed by atoms with Crippen LogP contribution >= 0.6 is 0 Å². The minimum atomic E-state index is -0.889. The van der Waals surface area contributed by atoms with E-state index in [1.807, 2.05) is 0 Å². The van der Waals surface area contributed by atoms with Crippen molar-refractivity contribution in [2.24, 2.45) is 0 Å². The van der Waals surface area contributed by atoms with Gasteiger partial charge >= 0.3 is 0 Å². The molecule has 0 aliphatic carbocycles. The normalized spacial score (nSPS) is 13.0. The van der Waals surface area contributed by atoms with Crippen molar-refractivity contribution in [2.75, 3.05) is 0 Å². The Balaban J connectivity index is 3.98. The highest BCUT2D eigenvalue weighted by molar-refractivity contribution is 5.09. The highest BCUT2D eigenvalue weighted by Crippen LogP contribution is 2.05. The van der Waals surface area contributed by atoms with E-state index in [-0.39, 0.29) is 0 Å². The van der Waals surface area contributed by atoms with Gasteiger partial charge in [0.25, 0.3) is 0 Å². The molecule has 0 N–H and O–H groups in total. The fraction of sp³-hybridized carbons (Fsp3) is 0.200. The molecule has 0 nitrogen and oxygen atoms in total. The van der Waals surface area contributed by atoms with Crippen molar-refractivity contribution in [2.45, 2.75) is 6.92 Å². The van der Waals surface area contributed by atoms with E-state index in [0.717, 1.165) is 13.0 Å². The maximum atomic E-state index is 11.6. The Morgan fingerprint density at radius 2 is 2.00 bits per heavy atom. The summed E-state index contributed by atoms with van der Waals surface area (Å²) in [7, 11) is 0. The van der Waals surface area contributed by atoms with Gasteiger partial charge in [-0.05, 0) is 13.0 Å². The lowest BCUT2D eigenvalue weighted by atomic mass is 10.5. The third-order valence-electron chi connectivity index (χ3n) is 0.508. The molecule has 2 heteroatoms. The monoisotopic (exact) mass is 104 g/mol. The molecule has 0 heterocycles. The smallest absolute Gasteiger partial charge is 0.153 e. The SMILES string of the molecule is C=CC(F)=C(C)F. The van der Waals surface area contributed by atoms with Gasteiger partial charge in [-0.15, -0.1) is 0 Å². The van der Waals surface area contributed by atoms with Gasteiger partial charge in [0.1, 0.15) is 5.83 Å². The van der Waals surface area contributed by atoms with Gasteiger partial charge in [0, 0.05) is 0 Å². The molecule has 0 unspecified atom stereocenters. The van der Waals surface area contributed by atoms with Crippen LogP contribution in [0.15, 0.2) is 24.3 Å². The molecule has 0 amide bonds. The molecule has 0 aliphatic heterocycles. The van der Waals surface area contributed by atoms with Crippen LogP contribution in [0.4, 0.5) is 8.78 Å². The van der Waals surface area contributed by atoms with Gasteiger partial charge in [-0.1, -0.05) is 6.58 Å². The molecule has 7 heavy (non-hydrogen) atoms. The highest BCUT2D eigenvalue weighted by Gasteiger charge is 1.89. The van der Waals surface area contributed by atoms with E-state index in [9.17, 15) is 8.78 Å². The summed E-state index contributed by atoms with van der Waals surface area (Å²) in [6.45, 7) is 4.05. The summed E-state index contributed by atoms with van der Waals surface area (Å²) in [6.07, 6.45) is 0.829. The maximum absolute atomic E-state index is 11.6. The minimum Gasteiger partial charge on any atom is -0.209 e. The van der Waals surface area contributed by atoms with Crippen LogP contribution in [-0.2, 0) is 0 Å². The molecule has 0 atom stereocenters. The minimum absolute atomic E-state index is 0.824. The van der Waals surface area contributed by atoms with E-state index in [2.05, 4.69) is 6.58 Å². The van der Waals surface area contributed by atoms with E-state index in [4.69, 9.17) is 0 Å². The first kappa shape index (κ1) is 6.34. The Hall–Kier alpha value is -0.660. The standard InChI is InChI=1S/C5H6F2/c1-3-5(7)4(2)6/h3H,1H2,2H3. The lowest BCUT2D eigenvalue weighted by molar-refractivity contribution is 0.556. The largest absolute Gasteiger partial charge is 0.209 e. The third-order valence-corrected chi connectivity index (χ3v) is 0.508. The van der Waals surface area contributed by atoms with Crippen molar-refractivity contribution in [1.82, 2.24) is 0 Å². The molecule has 0 saturated heterocycles. The topological polar surface area (TPSA) is 0 Å². The van der Waals surface area contributed by atoms with Crippen LogP contribution < -0.4 is 0 Å². The predicted octanol–water partition coefficient (Wildman–Crippen LogP) is 2.34. The van der Waals surface area contributed by atoms with E-state index in [1.165, 1.54) is 0 Å². The first-order chi connectivity index (χ1) is 3.18. The number of hydrogen-bond donors (Lipinski definition) is 0. The number of hydrogen-bond acceptors (Lipinski definition) is 0. The molecule has 0 aromatic carbocycles. The van der Waals surface area contributed by atoms with Crippen molar-refractivity contribution < 1.29 is 8.78 Å². The molecule has 0 radical (unpaired) electrons. The molecule has 0 aromatic rings. The van der Waals surface area contributed by atoms with E-state index >= 15 is 0 Å². The van der Waals surface area contributed by atoms with Crippen LogP contribution in [0.1, 0.15) is 6.92 Å². The van der Waals surface area contributed by atoms with Crippen molar-refractivity contribution in [1.29, 1.82) is 0 Å². The Morgan fingerprint density at radius 3 is 2.00 bits per heavy atom. The van der Waals surface area contributed by atoms with Gasteiger partial charge in [-0.2, -0.15) is 0 Å². The van der Waals surface area contributed by atoms with Gasteiger partial charge in [0.05, 0.1) is 0 Å². The van der Waals surface area contributed by atoms with Gasteiger partial charge in [0.2, 0.25) is 0 Å². The Kier molecular flexibility index (Phi) is 2.27. The molecule has 0 aliphatic rings. The van der Waals surface area contributed by atoms with Gasteiger partial charge < -0.3 is 0 Å². The molecule has 0 spiro atoms. The maximum Gasteiger partial charge on any atom is 0.153 e. The zero-order chi connectivity index (χ0) is 5.86. The van der Waals surface area contributed by atoms with Crippen molar-refractivity contribution in [3.05, 3.63) is 24.3 Å². The summed E-state index contributed by atoms with van der Waals surface area (Å²) >= 11 is 0. The van der Waals surface area contributed by atoms with Crippen LogP contribution in [0.2, 0.25) is 0 Å². The van der Waals surface area contributed by atoms with E-state index in [0.29, 0.717) is 0 Å². The van der Waals surface area contributed by atoms with E-state index < -0.39 is 11.7 Å². The zero-order valence-corrected chi connectivity index (χ0v) is 4.04. The van der Waals surface area contributed by atoms with Crippen LogP contribution in [-0.4, -0.2) is 0 Å². The molecule has 0 bridgehead atoms. The first-order valence-electron chi connectivity index (χ1n) is 1.82. The second-order valence-electron chi connectivity index (χ2n) is 1.09. The van der Waals surface area contributed by atoms with Gasteiger partial charge in [0.15, 0.2) is 5.83 Å². The van der Waals surface area contributed by atoms with Crippen LogP contribution in [0.5, 0.6) is 0 Å². The quantitative estimate of drug-likeness (QED) is 0.448. The van der Waals surface area contributed by atoms with Crippen LogP contribution in [0, 0.1) is 0 Å². The fourth-order valence-corrected chi connectivity index (χ4v) is 0.141. The summed E-state index contributed by atoms with van der Waals surface area (Å²) < 4.78 is 23.2. The summed E-state index contributed by atoms with van der Waals surface area (Å²) in [4.78, 5) is 0. The molecule has 40 valence electrons. The Bertz CT molecular complexity index is 98.6. The molecule has 0 rings (SSSR count). The van der Waals surface area contributed by atoms with Crippen LogP contribution in [0.3, 0.4) is 0 Å². The summed E-state index contributed by atoms with van der Waals surface area (Å²) in [6, 6.07) is 0. The van der Waals surface area contributed by atoms with Gasteiger partial charge in [-0.3, -0.25) is 0 Å². The Labute approximate surface area is 41.2 Å². The average molecular weight is 104 g/mol. The molecular formula is C5H6F2. The number of rotatable bonds is 1. The third kappa shape index (κ3) is 2.09. The van der Waals surface area contributed by atoms with E-state index in [1.54, 1.807) is 0 Å². The summed E-state index contributed by atoms with van der Waals surface area (Å²) in [5.74, 6) is -1.71. The predicted molar refractivity (Wildman–Crippen MR) is 25.1 cm³/mol. The van der Waals surface area contributed by atoms with Crippen molar-refractivity contribution in [3.8, 4) is 0 Å². The lowest BCUT2D eigenvalue weighted by Crippen LogP contribution is -1.64. The lowest BCUT2D eigenvalue weighted by Gasteiger charge is -1.81. The molecule has 0 aromatic heterocycles. The number of allylic oxidation sites excluding steroid dienone is 3. The number of halogens is 2. The molecule has 0 fully saturated rings. The zero-order valence-electron chi connectivity index (χ0n) is 4.04. The average Bonchev–Trinajstić information content (AvgIpc) is 1.65. The summed E-state index contributed by atoms with van der Waals surface area (Å²) in [5, 5.41) is 0. The highest BCUT2D eigenvalue weighted by atomic mass is 19.2. The van der Waals surface area contributed by atoms with Crippen molar-refractivity contribution >= 4 is 0 Å². The van der Waals surface area contributed by atoms with Crippen molar-refractivity contribution in [3.63, 3.8) is 0 Å². The first-order valence-corrected chi connectivity index (χ1v) is 1.82. The van der Waals surface area contributed by atoms with Gasteiger partial charge in [-0.25, -0.2) is 8.78 Å². The second kappa shape index (κ2) is 2.50. The molecule has 0 saturated carbocycles. The summed E-state index contributed by atoms with van der Waals surface area (Å²) in [5.41, 5.74) is 0. The van der Waals surface area contributed by atoms with Crippen LogP contribution in [0.25, 0.3) is 0 Å². The fourth-order valence-electron chi connectivity index (χ4n) is 0.141. The Morgan fingerprint density at radius 1 is 1.57 bits per heavy atom. The molecular weight excluding hydrogens is 98.1 g/mol.